The number of ether oxygens (including phenoxy) is 2. The predicted molar refractivity (Wildman–Crippen MR) is 108 cm³/mol. The molecule has 2 aromatic carbocycles. The van der Waals surface area contributed by atoms with Gasteiger partial charge in [0.1, 0.15) is 23.1 Å². The van der Waals surface area contributed by atoms with Gasteiger partial charge in [0.15, 0.2) is 6.10 Å². The molecule has 4 rings (SSSR count). The third-order valence-corrected chi connectivity index (χ3v) is 5.36. The Labute approximate surface area is 168 Å². The second-order valence-electron chi connectivity index (χ2n) is 7.32. The lowest BCUT2D eigenvalue weighted by atomic mass is 9.96. The van der Waals surface area contributed by atoms with Gasteiger partial charge in [0.05, 0.1) is 18.1 Å². The van der Waals surface area contributed by atoms with Gasteiger partial charge in [-0.25, -0.2) is 9.37 Å². The van der Waals surface area contributed by atoms with Crippen LogP contribution in [0, 0.1) is 5.82 Å². The lowest BCUT2D eigenvalue weighted by Crippen LogP contribution is -2.44. The summed E-state index contributed by atoms with van der Waals surface area (Å²) >= 11 is 0. The van der Waals surface area contributed by atoms with Gasteiger partial charge < -0.3 is 19.4 Å². The summed E-state index contributed by atoms with van der Waals surface area (Å²) in [5, 5.41) is 0. The van der Waals surface area contributed by atoms with Crippen LogP contribution in [0.5, 0.6) is 11.5 Å². The number of imidazole rings is 1. The van der Waals surface area contributed by atoms with E-state index in [1.54, 1.807) is 26.2 Å². The highest BCUT2D eigenvalue weighted by atomic mass is 19.1. The summed E-state index contributed by atoms with van der Waals surface area (Å²) in [6.45, 7) is 3.04. The van der Waals surface area contributed by atoms with Gasteiger partial charge in [-0.2, -0.15) is 0 Å². The molecule has 0 aliphatic carbocycles. The molecule has 1 aliphatic rings. The molecule has 1 fully saturated rings. The van der Waals surface area contributed by atoms with Crippen molar-refractivity contribution in [1.82, 2.24) is 14.9 Å². The first kappa shape index (κ1) is 19.2. The lowest BCUT2D eigenvalue weighted by molar-refractivity contribution is -0.139. The maximum Gasteiger partial charge on any atom is 0.263 e. The molecule has 1 amide bonds. The largest absolute Gasteiger partial charge is 0.497 e. The number of amides is 1. The first-order valence-corrected chi connectivity index (χ1v) is 9.78. The van der Waals surface area contributed by atoms with E-state index in [2.05, 4.69) is 9.97 Å². The Kier molecular flexibility index (Phi) is 5.38. The molecular weight excluding hydrogens is 373 g/mol. The van der Waals surface area contributed by atoms with E-state index < -0.39 is 6.10 Å². The summed E-state index contributed by atoms with van der Waals surface area (Å²) in [7, 11) is 1.59. The zero-order chi connectivity index (χ0) is 20.4. The van der Waals surface area contributed by atoms with Crippen molar-refractivity contribution in [2.45, 2.75) is 31.8 Å². The van der Waals surface area contributed by atoms with Crippen LogP contribution in [-0.4, -0.2) is 47.1 Å². The number of carbonyl (C=O) groups excluding carboxylic acids is 1. The van der Waals surface area contributed by atoms with Crippen molar-refractivity contribution in [3.05, 3.63) is 54.1 Å². The molecule has 29 heavy (non-hydrogen) atoms. The molecule has 1 aliphatic heterocycles. The van der Waals surface area contributed by atoms with Crippen LogP contribution in [-0.2, 0) is 4.79 Å². The fourth-order valence-corrected chi connectivity index (χ4v) is 3.75. The molecule has 1 unspecified atom stereocenters. The van der Waals surface area contributed by atoms with Crippen LogP contribution in [0.3, 0.4) is 0 Å². The van der Waals surface area contributed by atoms with Gasteiger partial charge in [0, 0.05) is 25.1 Å². The highest BCUT2D eigenvalue weighted by Crippen LogP contribution is 2.28. The number of aromatic nitrogens is 2. The van der Waals surface area contributed by atoms with E-state index in [9.17, 15) is 9.18 Å². The van der Waals surface area contributed by atoms with E-state index in [1.807, 2.05) is 23.1 Å². The van der Waals surface area contributed by atoms with E-state index in [0.717, 1.165) is 24.2 Å². The number of nitrogens with zero attached hydrogens (tertiary/aromatic N) is 2. The van der Waals surface area contributed by atoms with Gasteiger partial charge in [-0.05, 0) is 50.1 Å². The van der Waals surface area contributed by atoms with Gasteiger partial charge >= 0.3 is 0 Å². The van der Waals surface area contributed by atoms with Crippen molar-refractivity contribution in [3.8, 4) is 11.5 Å². The number of hydrogen-bond donors (Lipinski definition) is 1. The molecule has 2 heterocycles. The van der Waals surface area contributed by atoms with E-state index >= 15 is 0 Å². The van der Waals surface area contributed by atoms with Crippen LogP contribution in [0.1, 0.15) is 31.5 Å². The average Bonchev–Trinajstić information content (AvgIpc) is 3.16. The number of likely N-dealkylation sites (tertiary alicyclic amines) is 1. The summed E-state index contributed by atoms with van der Waals surface area (Å²) in [6.07, 6.45) is 1.03. The fourth-order valence-electron chi connectivity index (χ4n) is 3.75. The summed E-state index contributed by atoms with van der Waals surface area (Å²) < 4.78 is 24.4. The molecule has 0 bridgehead atoms. The van der Waals surface area contributed by atoms with Crippen molar-refractivity contribution in [2.24, 2.45) is 0 Å². The Morgan fingerprint density at radius 3 is 2.72 bits per heavy atom. The number of benzene rings is 2. The SMILES string of the molecule is COc1cccc(OC(C)C(=O)N2CCC(c3nc4ccc(F)cc4[nH]3)CC2)c1. The molecule has 0 spiro atoms. The maximum absolute atomic E-state index is 13.4. The molecule has 1 aromatic heterocycles. The minimum absolute atomic E-state index is 0.0297. The molecule has 3 aromatic rings. The topological polar surface area (TPSA) is 67.5 Å². The summed E-state index contributed by atoms with van der Waals surface area (Å²) in [6, 6.07) is 11.8. The van der Waals surface area contributed by atoms with Crippen LogP contribution in [0.2, 0.25) is 0 Å². The Bertz CT molecular complexity index is 1010. The van der Waals surface area contributed by atoms with Crippen molar-refractivity contribution >= 4 is 16.9 Å². The van der Waals surface area contributed by atoms with Crippen molar-refractivity contribution < 1.29 is 18.7 Å². The van der Waals surface area contributed by atoms with Gasteiger partial charge in [0.25, 0.3) is 5.91 Å². The number of aromatic amines is 1. The van der Waals surface area contributed by atoms with E-state index in [4.69, 9.17) is 9.47 Å². The molecule has 1 N–H and O–H groups in total. The van der Waals surface area contributed by atoms with E-state index in [1.165, 1.54) is 12.1 Å². The minimum atomic E-state index is -0.576. The summed E-state index contributed by atoms with van der Waals surface area (Å²) in [4.78, 5) is 22.4. The molecule has 1 saturated heterocycles. The number of rotatable bonds is 5. The third kappa shape index (κ3) is 4.18. The smallest absolute Gasteiger partial charge is 0.263 e. The third-order valence-electron chi connectivity index (χ3n) is 5.36. The normalized spacial score (nSPS) is 16.0. The number of hydrogen-bond acceptors (Lipinski definition) is 4. The lowest BCUT2D eigenvalue weighted by Gasteiger charge is -2.32. The Morgan fingerprint density at radius 2 is 1.97 bits per heavy atom. The predicted octanol–water partition coefficient (Wildman–Crippen LogP) is 3.88. The van der Waals surface area contributed by atoms with Crippen LogP contribution in [0.4, 0.5) is 4.39 Å². The highest BCUT2D eigenvalue weighted by molar-refractivity contribution is 5.81. The quantitative estimate of drug-likeness (QED) is 0.709. The maximum atomic E-state index is 13.4. The number of H-pyrrole nitrogens is 1. The average molecular weight is 397 g/mol. The monoisotopic (exact) mass is 397 g/mol. The first-order valence-electron chi connectivity index (χ1n) is 9.78. The molecule has 6 nitrogen and oxygen atoms in total. The molecule has 0 radical (unpaired) electrons. The number of nitrogens with one attached hydrogen (secondary N) is 1. The highest BCUT2D eigenvalue weighted by Gasteiger charge is 2.29. The van der Waals surface area contributed by atoms with Gasteiger partial charge in [0.2, 0.25) is 0 Å². The number of piperidine rings is 1. The van der Waals surface area contributed by atoms with Crippen LogP contribution in [0.15, 0.2) is 42.5 Å². The fraction of sp³-hybridized carbons (Fsp3) is 0.364. The number of fused-ring (bicyclic) bond motifs is 1. The minimum Gasteiger partial charge on any atom is -0.497 e. The second-order valence-corrected chi connectivity index (χ2v) is 7.32. The van der Waals surface area contributed by atoms with Gasteiger partial charge in [-0.3, -0.25) is 4.79 Å². The summed E-state index contributed by atoms with van der Waals surface area (Å²) in [5.74, 6) is 2.07. The number of halogens is 1. The van der Waals surface area contributed by atoms with Gasteiger partial charge in [-0.1, -0.05) is 6.07 Å². The Hall–Kier alpha value is -3.09. The van der Waals surface area contributed by atoms with E-state index in [-0.39, 0.29) is 17.6 Å². The molecule has 1 atom stereocenters. The molecule has 152 valence electrons. The molecule has 7 heteroatoms. The van der Waals surface area contributed by atoms with Crippen molar-refractivity contribution in [1.29, 1.82) is 0 Å². The van der Waals surface area contributed by atoms with Crippen molar-refractivity contribution in [3.63, 3.8) is 0 Å². The van der Waals surface area contributed by atoms with E-state index in [0.29, 0.717) is 30.1 Å². The van der Waals surface area contributed by atoms with Gasteiger partial charge in [-0.15, -0.1) is 0 Å². The molecule has 0 saturated carbocycles. The van der Waals surface area contributed by atoms with Crippen molar-refractivity contribution in [2.75, 3.05) is 20.2 Å². The zero-order valence-electron chi connectivity index (χ0n) is 16.5. The number of carbonyl (C=O) groups is 1. The molecular formula is C22H24FN3O3. The number of methoxy groups -OCH3 is 1. The second kappa shape index (κ2) is 8.11. The Morgan fingerprint density at radius 1 is 1.21 bits per heavy atom. The standard InChI is InChI=1S/C22H24FN3O3/c1-14(29-18-5-3-4-17(13-18)28-2)22(27)26-10-8-15(9-11-26)21-24-19-7-6-16(23)12-20(19)25-21/h3-7,12-15H,8-11H2,1-2H3,(H,24,25). The summed E-state index contributed by atoms with van der Waals surface area (Å²) in [5.41, 5.74) is 1.47. The zero-order valence-corrected chi connectivity index (χ0v) is 16.5. The Balaban J connectivity index is 1.36. The van der Waals surface area contributed by atoms with Crippen LogP contribution in [0.25, 0.3) is 11.0 Å². The van der Waals surface area contributed by atoms with Crippen LogP contribution >= 0.6 is 0 Å². The first-order chi connectivity index (χ1) is 14.0. The van der Waals surface area contributed by atoms with Crippen LogP contribution < -0.4 is 9.47 Å².